The lowest BCUT2D eigenvalue weighted by atomic mass is 9.97. The zero-order valence-corrected chi connectivity index (χ0v) is 12.7. The number of nitrogens with two attached hydrogens (primary N) is 1. The summed E-state index contributed by atoms with van der Waals surface area (Å²) in [7, 11) is 0. The Balaban J connectivity index is 2.42. The molecule has 0 amide bonds. The van der Waals surface area contributed by atoms with Crippen LogP contribution in [0, 0.1) is 0 Å². The third-order valence-electron chi connectivity index (χ3n) is 4.00. The van der Waals surface area contributed by atoms with Crippen molar-refractivity contribution in [2.24, 2.45) is 5.73 Å². The highest BCUT2D eigenvalue weighted by atomic mass is 32.1. The van der Waals surface area contributed by atoms with Crippen LogP contribution in [0.1, 0.15) is 43.7 Å². The predicted octanol–water partition coefficient (Wildman–Crippen LogP) is 4.11. The minimum absolute atomic E-state index is 0.0876. The largest absolute Gasteiger partial charge is 0.417 e. The van der Waals surface area contributed by atoms with Gasteiger partial charge in [0.2, 0.25) is 0 Å². The van der Waals surface area contributed by atoms with E-state index in [1.54, 1.807) is 0 Å². The summed E-state index contributed by atoms with van der Waals surface area (Å²) in [6.45, 7) is 2.96. The summed E-state index contributed by atoms with van der Waals surface area (Å²) in [4.78, 5) is 1.96. The van der Waals surface area contributed by atoms with Crippen molar-refractivity contribution in [1.82, 2.24) is 0 Å². The molecular weight excluding hydrogens is 297 g/mol. The van der Waals surface area contributed by atoms with Crippen molar-refractivity contribution in [3.8, 4) is 0 Å². The summed E-state index contributed by atoms with van der Waals surface area (Å²) >= 11 is 4.80. The van der Waals surface area contributed by atoms with Gasteiger partial charge in [0.15, 0.2) is 0 Å². The van der Waals surface area contributed by atoms with Gasteiger partial charge in [-0.15, -0.1) is 0 Å². The Kier molecular flexibility index (Phi) is 4.76. The average Bonchev–Trinajstić information content (AvgIpc) is 2.45. The van der Waals surface area contributed by atoms with Gasteiger partial charge in [-0.25, -0.2) is 0 Å². The summed E-state index contributed by atoms with van der Waals surface area (Å²) in [5, 5.41) is 0. The zero-order valence-electron chi connectivity index (χ0n) is 11.9. The van der Waals surface area contributed by atoms with E-state index in [0.29, 0.717) is 6.04 Å². The first-order chi connectivity index (χ1) is 9.84. The highest BCUT2D eigenvalue weighted by Crippen LogP contribution is 2.35. The van der Waals surface area contributed by atoms with E-state index in [1.165, 1.54) is 12.1 Å². The monoisotopic (exact) mass is 316 g/mol. The van der Waals surface area contributed by atoms with Crippen molar-refractivity contribution in [3.63, 3.8) is 0 Å². The van der Waals surface area contributed by atoms with Gasteiger partial charge in [0.1, 0.15) is 4.99 Å². The smallest absolute Gasteiger partial charge is 0.389 e. The molecule has 116 valence electrons. The van der Waals surface area contributed by atoms with Crippen molar-refractivity contribution >= 4 is 22.9 Å². The molecular formula is C15H19F3N2S. The van der Waals surface area contributed by atoms with Crippen LogP contribution in [0.3, 0.4) is 0 Å². The summed E-state index contributed by atoms with van der Waals surface area (Å²) < 4.78 is 39.0. The van der Waals surface area contributed by atoms with Crippen molar-refractivity contribution < 1.29 is 13.2 Å². The normalized spacial score (nSPS) is 19.6. The molecule has 1 aliphatic heterocycles. The molecule has 2 rings (SSSR count). The maximum Gasteiger partial charge on any atom is 0.417 e. The highest BCUT2D eigenvalue weighted by Gasteiger charge is 2.34. The lowest BCUT2D eigenvalue weighted by Gasteiger charge is -2.37. The highest BCUT2D eigenvalue weighted by molar-refractivity contribution is 7.80. The van der Waals surface area contributed by atoms with Crippen molar-refractivity contribution in [1.29, 1.82) is 0 Å². The molecule has 6 heteroatoms. The average molecular weight is 316 g/mol. The maximum atomic E-state index is 13.0. The summed E-state index contributed by atoms with van der Waals surface area (Å²) in [5.41, 5.74) is 5.42. The van der Waals surface area contributed by atoms with Crippen molar-refractivity contribution in [2.75, 3.05) is 11.4 Å². The number of hydrogen-bond donors (Lipinski definition) is 1. The minimum atomic E-state index is -4.44. The van der Waals surface area contributed by atoms with Crippen LogP contribution >= 0.6 is 12.2 Å². The number of benzene rings is 1. The molecule has 1 saturated heterocycles. The third kappa shape index (κ3) is 3.48. The number of piperidine rings is 1. The van der Waals surface area contributed by atoms with E-state index in [2.05, 4.69) is 11.8 Å². The summed E-state index contributed by atoms with van der Waals surface area (Å²) in [6.07, 6.45) is -0.176. The Morgan fingerprint density at radius 1 is 1.38 bits per heavy atom. The molecule has 0 saturated carbocycles. The third-order valence-corrected chi connectivity index (χ3v) is 4.22. The Labute approximate surface area is 128 Å². The van der Waals surface area contributed by atoms with Crippen LogP contribution in [0.2, 0.25) is 0 Å². The van der Waals surface area contributed by atoms with Gasteiger partial charge in [-0.2, -0.15) is 13.2 Å². The first kappa shape index (κ1) is 16.1. The molecule has 2 N–H and O–H groups in total. The van der Waals surface area contributed by atoms with Gasteiger partial charge in [-0.3, -0.25) is 0 Å². The number of nitrogens with zero attached hydrogens (tertiary/aromatic N) is 1. The minimum Gasteiger partial charge on any atom is -0.389 e. The second-order valence-corrected chi connectivity index (χ2v) is 5.78. The standard InChI is InChI=1S/C15H19F3N2S/c1-2-10-5-3-4-8-20(10)11-6-7-13(15(16,17)18)12(9-11)14(19)21/h6-7,9-10H,2-5,8H2,1H3,(H2,19,21). The van der Waals surface area contributed by atoms with Gasteiger partial charge in [0.25, 0.3) is 0 Å². The molecule has 0 aliphatic carbocycles. The summed E-state index contributed by atoms with van der Waals surface area (Å²) in [6, 6.07) is 4.47. The SMILES string of the molecule is CCC1CCCCN1c1ccc(C(F)(F)F)c(C(N)=S)c1. The predicted molar refractivity (Wildman–Crippen MR) is 82.6 cm³/mol. The van der Waals surface area contributed by atoms with Crippen LogP contribution in [0.5, 0.6) is 0 Å². The second-order valence-electron chi connectivity index (χ2n) is 5.34. The molecule has 1 aliphatic rings. The first-order valence-electron chi connectivity index (χ1n) is 7.12. The second kappa shape index (κ2) is 6.22. The maximum absolute atomic E-state index is 13.0. The molecule has 0 aromatic heterocycles. The number of thiocarbonyl (C=S) groups is 1. The van der Waals surface area contributed by atoms with Crippen LogP contribution in [-0.4, -0.2) is 17.6 Å². The van der Waals surface area contributed by atoms with Gasteiger partial charge >= 0.3 is 6.18 Å². The van der Waals surface area contributed by atoms with Gasteiger partial charge in [-0.1, -0.05) is 19.1 Å². The fraction of sp³-hybridized carbons (Fsp3) is 0.533. The van der Waals surface area contributed by atoms with E-state index in [4.69, 9.17) is 18.0 Å². The fourth-order valence-corrected chi connectivity index (χ4v) is 3.10. The number of anilines is 1. The van der Waals surface area contributed by atoms with Gasteiger partial charge in [-0.05, 0) is 43.9 Å². The molecule has 0 radical (unpaired) electrons. The van der Waals surface area contributed by atoms with E-state index in [1.807, 2.05) is 0 Å². The van der Waals surface area contributed by atoms with Gasteiger partial charge in [0, 0.05) is 23.8 Å². The molecule has 1 aromatic rings. The van der Waals surface area contributed by atoms with Crippen LogP contribution in [0.15, 0.2) is 18.2 Å². The molecule has 0 spiro atoms. The van der Waals surface area contributed by atoms with E-state index >= 15 is 0 Å². The molecule has 1 aromatic carbocycles. The van der Waals surface area contributed by atoms with Crippen LogP contribution in [0.4, 0.5) is 18.9 Å². The Morgan fingerprint density at radius 3 is 2.67 bits per heavy atom. The number of alkyl halides is 3. The molecule has 2 nitrogen and oxygen atoms in total. The van der Waals surface area contributed by atoms with Crippen molar-refractivity contribution in [3.05, 3.63) is 29.3 Å². The van der Waals surface area contributed by atoms with Crippen LogP contribution in [-0.2, 0) is 6.18 Å². The quantitative estimate of drug-likeness (QED) is 0.851. The zero-order chi connectivity index (χ0) is 15.6. The van der Waals surface area contributed by atoms with E-state index in [0.717, 1.165) is 44.0 Å². The Bertz CT molecular complexity index is 528. The van der Waals surface area contributed by atoms with E-state index < -0.39 is 11.7 Å². The molecule has 0 bridgehead atoms. The lowest BCUT2D eigenvalue weighted by molar-refractivity contribution is -0.137. The summed E-state index contributed by atoms with van der Waals surface area (Å²) in [5.74, 6) is 0. The lowest BCUT2D eigenvalue weighted by Crippen LogP contribution is -2.39. The topological polar surface area (TPSA) is 29.3 Å². The van der Waals surface area contributed by atoms with E-state index in [9.17, 15) is 13.2 Å². The Hall–Kier alpha value is -1.30. The van der Waals surface area contributed by atoms with E-state index in [-0.39, 0.29) is 10.6 Å². The van der Waals surface area contributed by atoms with Crippen molar-refractivity contribution in [2.45, 2.75) is 44.8 Å². The van der Waals surface area contributed by atoms with Gasteiger partial charge in [0.05, 0.1) is 5.56 Å². The molecule has 1 fully saturated rings. The molecule has 21 heavy (non-hydrogen) atoms. The number of halogens is 3. The van der Waals surface area contributed by atoms with Crippen LogP contribution < -0.4 is 10.6 Å². The number of hydrogen-bond acceptors (Lipinski definition) is 2. The molecule has 1 atom stereocenters. The number of rotatable bonds is 3. The molecule has 1 heterocycles. The Morgan fingerprint density at radius 2 is 2.10 bits per heavy atom. The first-order valence-corrected chi connectivity index (χ1v) is 7.53. The van der Waals surface area contributed by atoms with Gasteiger partial charge < -0.3 is 10.6 Å². The fourth-order valence-electron chi connectivity index (χ4n) is 2.93. The van der Waals surface area contributed by atoms with Crippen LogP contribution in [0.25, 0.3) is 0 Å². The molecule has 1 unspecified atom stereocenters.